The van der Waals surface area contributed by atoms with E-state index in [4.69, 9.17) is 10.8 Å². The molecule has 4 rings (SSSR count). The molecule has 5 N–H and O–H groups in total. The van der Waals surface area contributed by atoms with Gasteiger partial charge in [-0.3, -0.25) is 28.9 Å². The summed E-state index contributed by atoms with van der Waals surface area (Å²) < 4.78 is 30.4. The number of carbonyl (C=O) groups is 5. The quantitative estimate of drug-likeness (QED) is 0.163. The normalized spacial score (nSPS) is 14.1. The summed E-state index contributed by atoms with van der Waals surface area (Å²) in [7, 11) is 0. The van der Waals surface area contributed by atoms with Crippen LogP contribution in [0.1, 0.15) is 56.5 Å². The van der Waals surface area contributed by atoms with Crippen molar-refractivity contribution in [3.05, 3.63) is 95.3 Å². The van der Waals surface area contributed by atoms with E-state index in [1.807, 2.05) is 51.1 Å². The third-order valence-corrected chi connectivity index (χ3v) is 8.29. The molecule has 0 saturated heterocycles. The summed E-state index contributed by atoms with van der Waals surface area (Å²) in [6, 6.07) is 10.6. The first-order valence-electron chi connectivity index (χ1n) is 16.5. The maximum atomic E-state index is 14.9. The Hall–Kier alpha value is -5.28. The highest BCUT2D eigenvalue weighted by Gasteiger charge is 2.38. The van der Waals surface area contributed by atoms with E-state index in [0.717, 1.165) is 40.8 Å². The first-order chi connectivity index (χ1) is 24.2. The Morgan fingerprint density at radius 3 is 2.33 bits per heavy atom. The number of rotatable bonds is 16. The molecule has 2 aromatic carbocycles. The minimum absolute atomic E-state index is 0.0158. The fraction of sp³-hybridized carbons (Fsp3) is 0.389. The lowest BCUT2D eigenvalue weighted by molar-refractivity contribution is -0.140. The van der Waals surface area contributed by atoms with Crippen LogP contribution in [-0.2, 0) is 30.4 Å². The maximum Gasteiger partial charge on any atom is 0.253 e. The number of aromatic nitrogens is 2. The summed E-state index contributed by atoms with van der Waals surface area (Å²) >= 11 is 0. The third-order valence-electron chi connectivity index (χ3n) is 8.29. The molecule has 13 nitrogen and oxygen atoms in total. The molecular weight excluding hydrogens is 664 g/mol. The van der Waals surface area contributed by atoms with Crippen molar-refractivity contribution >= 4 is 29.5 Å². The van der Waals surface area contributed by atoms with Crippen LogP contribution in [-0.4, -0.2) is 93.1 Å². The number of aliphatic hydroxyl groups excluding tert-OH is 1. The van der Waals surface area contributed by atoms with Gasteiger partial charge in [0.2, 0.25) is 17.7 Å². The monoisotopic (exact) mass is 707 g/mol. The summed E-state index contributed by atoms with van der Waals surface area (Å²) in [5.74, 6) is -3.89. The van der Waals surface area contributed by atoms with E-state index < -0.39 is 65.3 Å². The first-order valence-corrected chi connectivity index (χ1v) is 16.5. The summed E-state index contributed by atoms with van der Waals surface area (Å²) in [4.78, 5) is 64.1. The lowest BCUT2D eigenvalue weighted by atomic mass is 9.81. The van der Waals surface area contributed by atoms with Crippen LogP contribution in [0, 0.1) is 17.0 Å². The van der Waals surface area contributed by atoms with Crippen LogP contribution in [0.2, 0.25) is 0 Å². The predicted octanol–water partition coefficient (Wildman–Crippen LogP) is 1.91. The number of carbonyl (C=O) groups excluding carboxylic acids is 5. The molecule has 0 saturated carbocycles. The second-order valence-corrected chi connectivity index (χ2v) is 13.2. The molecule has 0 bridgehead atoms. The Balaban J connectivity index is 1.47. The second-order valence-electron chi connectivity index (χ2n) is 13.2. The van der Waals surface area contributed by atoms with Crippen LogP contribution in [0.5, 0.6) is 0 Å². The summed E-state index contributed by atoms with van der Waals surface area (Å²) in [5.41, 5.74) is 7.32. The molecule has 272 valence electrons. The molecular formula is C36H43F2N7O6. The zero-order valence-electron chi connectivity index (χ0n) is 28.8. The van der Waals surface area contributed by atoms with E-state index in [1.165, 1.54) is 9.58 Å². The lowest BCUT2D eigenvalue weighted by Gasteiger charge is -2.40. The molecule has 0 fully saturated rings. The molecule has 2 atom stereocenters. The number of benzene rings is 2. The number of hydrogen-bond donors (Lipinski definition) is 4. The largest absolute Gasteiger partial charge is 0.387 e. The van der Waals surface area contributed by atoms with Crippen LogP contribution < -0.4 is 16.4 Å². The van der Waals surface area contributed by atoms with Crippen LogP contribution in [0.15, 0.2) is 66.9 Å². The van der Waals surface area contributed by atoms with Crippen molar-refractivity contribution in [2.24, 2.45) is 11.1 Å². The summed E-state index contributed by atoms with van der Waals surface area (Å²) in [6.07, 6.45) is 4.15. The van der Waals surface area contributed by atoms with Crippen molar-refractivity contribution in [2.45, 2.75) is 52.1 Å². The molecule has 0 unspecified atom stereocenters. The summed E-state index contributed by atoms with van der Waals surface area (Å²) in [6.45, 7) is 4.75. The Labute approximate surface area is 294 Å². The van der Waals surface area contributed by atoms with Gasteiger partial charge in [-0.2, -0.15) is 5.10 Å². The molecule has 15 heteroatoms. The van der Waals surface area contributed by atoms with Gasteiger partial charge in [-0.1, -0.05) is 51.1 Å². The van der Waals surface area contributed by atoms with E-state index >= 15 is 0 Å². The van der Waals surface area contributed by atoms with Crippen molar-refractivity contribution in [1.29, 1.82) is 0 Å². The average Bonchev–Trinajstić information content (AvgIpc) is 3.64. The van der Waals surface area contributed by atoms with Crippen molar-refractivity contribution in [2.75, 3.05) is 32.8 Å². The van der Waals surface area contributed by atoms with Gasteiger partial charge >= 0.3 is 0 Å². The van der Waals surface area contributed by atoms with Gasteiger partial charge in [-0.15, -0.1) is 0 Å². The zero-order chi connectivity index (χ0) is 37.3. The van der Waals surface area contributed by atoms with Crippen molar-refractivity contribution in [3.63, 3.8) is 0 Å². The fourth-order valence-electron chi connectivity index (χ4n) is 5.79. The van der Waals surface area contributed by atoms with Gasteiger partial charge in [0.05, 0.1) is 17.8 Å². The topological polar surface area (TPSA) is 180 Å². The molecule has 0 spiro atoms. The van der Waals surface area contributed by atoms with Crippen LogP contribution in [0.3, 0.4) is 0 Å². The highest BCUT2D eigenvalue weighted by Crippen LogP contribution is 2.40. The van der Waals surface area contributed by atoms with Crippen molar-refractivity contribution in [3.8, 4) is 5.69 Å². The number of amides is 5. The van der Waals surface area contributed by atoms with Crippen molar-refractivity contribution < 1.29 is 37.9 Å². The number of hydrogen-bond acceptors (Lipinski definition) is 8. The molecule has 51 heavy (non-hydrogen) atoms. The first kappa shape index (κ1) is 38.5. The van der Waals surface area contributed by atoms with Gasteiger partial charge < -0.3 is 26.4 Å². The molecule has 1 aromatic heterocycles. The molecule has 3 aromatic rings. The number of nitrogens with two attached hydrogens (primary N) is 1. The smallest absolute Gasteiger partial charge is 0.253 e. The number of aliphatic hydroxyl groups is 1. The molecule has 0 radical (unpaired) electrons. The van der Waals surface area contributed by atoms with Gasteiger partial charge in [-0.25, -0.2) is 13.5 Å². The SMILES string of the molecule is CC(C)(C)[C@H](c1nn(-c2cc(F)ccc2F)cc1Cc1ccccc1)N(CC[C@H](N)C(=O)NCCC(=O)NCCN1C(=O)C=CC1=O)C(=O)CO. The number of nitrogens with zero attached hydrogens (tertiary/aromatic N) is 4. The van der Waals surface area contributed by atoms with Gasteiger partial charge in [0.1, 0.15) is 23.9 Å². The average molecular weight is 708 g/mol. The zero-order valence-corrected chi connectivity index (χ0v) is 28.8. The predicted molar refractivity (Wildman–Crippen MR) is 183 cm³/mol. The Morgan fingerprint density at radius 1 is 1.00 bits per heavy atom. The van der Waals surface area contributed by atoms with Gasteiger partial charge in [0.25, 0.3) is 11.8 Å². The molecule has 0 aliphatic carbocycles. The van der Waals surface area contributed by atoms with E-state index in [1.54, 1.807) is 6.20 Å². The fourth-order valence-corrected chi connectivity index (χ4v) is 5.79. The van der Waals surface area contributed by atoms with Crippen LogP contribution in [0.4, 0.5) is 8.78 Å². The second kappa shape index (κ2) is 17.1. The number of imide groups is 1. The van der Waals surface area contributed by atoms with E-state index in [-0.39, 0.29) is 44.7 Å². The standard InChI is InChI=1S/C36H43F2N7O6/c1-36(2,3)34(33-24(19-23-7-5-4-6-8-23)21-45(42-33)28-20-25(37)9-10-26(28)38)44(32(50)22-46)17-14-27(39)35(51)41-15-13-29(47)40-16-18-43-30(48)11-12-31(43)49/h4-12,20-21,27,34,46H,13-19,22,39H2,1-3H3,(H,40,47)(H,41,51)/t27-,34-/m0/s1. The highest BCUT2D eigenvalue weighted by molar-refractivity contribution is 6.12. The molecule has 2 heterocycles. The van der Waals surface area contributed by atoms with Gasteiger partial charge in [0.15, 0.2) is 0 Å². The van der Waals surface area contributed by atoms with E-state index in [9.17, 15) is 37.9 Å². The van der Waals surface area contributed by atoms with Gasteiger partial charge in [-0.05, 0) is 29.5 Å². The number of nitrogens with one attached hydrogen (secondary N) is 2. The number of halogens is 2. The molecule has 1 aliphatic heterocycles. The minimum atomic E-state index is -1.09. The maximum absolute atomic E-state index is 14.9. The minimum Gasteiger partial charge on any atom is -0.387 e. The van der Waals surface area contributed by atoms with Crippen LogP contribution in [0.25, 0.3) is 5.69 Å². The third kappa shape index (κ3) is 10.1. The Kier molecular flexibility index (Phi) is 12.9. The molecule has 5 amide bonds. The van der Waals surface area contributed by atoms with Gasteiger partial charge in [0, 0.05) is 69.0 Å². The Bertz CT molecular complexity index is 1750. The summed E-state index contributed by atoms with van der Waals surface area (Å²) in [5, 5.41) is 19.9. The molecule has 1 aliphatic rings. The Morgan fingerprint density at radius 2 is 1.69 bits per heavy atom. The van der Waals surface area contributed by atoms with Crippen molar-refractivity contribution in [1.82, 2.24) is 30.2 Å². The lowest BCUT2D eigenvalue weighted by Crippen LogP contribution is -2.47. The highest BCUT2D eigenvalue weighted by atomic mass is 19.1. The van der Waals surface area contributed by atoms with E-state index in [2.05, 4.69) is 10.6 Å². The van der Waals surface area contributed by atoms with Crippen LogP contribution >= 0.6 is 0 Å². The van der Waals surface area contributed by atoms with E-state index in [0.29, 0.717) is 17.7 Å².